The number of hydrogen-bond donors (Lipinski definition) is 2. The Bertz CT molecular complexity index is 917. The van der Waals surface area contributed by atoms with Crippen molar-refractivity contribution >= 4 is 29.7 Å². The van der Waals surface area contributed by atoms with Gasteiger partial charge in [0.05, 0.1) is 0 Å². The Morgan fingerprint density at radius 3 is 1.93 bits per heavy atom. The fraction of sp³-hybridized carbons (Fsp3) is 0.250. The van der Waals surface area contributed by atoms with Crippen LogP contribution in [-0.4, -0.2) is 30.7 Å². The molecule has 150 valence electrons. The molecule has 0 bridgehead atoms. The van der Waals surface area contributed by atoms with Gasteiger partial charge in [-0.2, -0.15) is 0 Å². The third-order valence-electron chi connectivity index (χ3n) is 4.31. The van der Waals surface area contributed by atoms with E-state index >= 15 is 0 Å². The lowest BCUT2D eigenvalue weighted by Gasteiger charge is -2.19. The second-order valence-electron chi connectivity index (χ2n) is 7.79. The molecule has 0 atom stereocenters. The fourth-order valence-electron chi connectivity index (χ4n) is 3.10. The molecule has 5 nitrogen and oxygen atoms in total. The molecule has 5 heteroatoms. The Labute approximate surface area is 171 Å². The highest BCUT2D eigenvalue weighted by Crippen LogP contribution is 2.33. The maximum absolute atomic E-state index is 12.6. The molecule has 0 saturated carbocycles. The summed E-state index contributed by atoms with van der Waals surface area (Å²) in [6.45, 7) is 6.01. The molecule has 1 aliphatic carbocycles. The van der Waals surface area contributed by atoms with Crippen LogP contribution >= 0.6 is 0 Å². The summed E-state index contributed by atoms with van der Waals surface area (Å²) in [6, 6.07) is 16.0. The van der Waals surface area contributed by atoms with Gasteiger partial charge in [0.2, 0.25) is 5.91 Å². The van der Waals surface area contributed by atoms with Gasteiger partial charge in [-0.15, -0.1) is 0 Å². The molecule has 0 aliphatic heterocycles. The highest BCUT2D eigenvalue weighted by atomic mass is 16.6. The molecule has 0 fully saturated rings. The van der Waals surface area contributed by atoms with Crippen molar-refractivity contribution in [2.75, 3.05) is 13.1 Å². The maximum Gasteiger partial charge on any atom is 0.407 e. The molecule has 2 amide bonds. The predicted octanol–water partition coefficient (Wildman–Crippen LogP) is 4.24. The van der Waals surface area contributed by atoms with Crippen LogP contribution in [0.1, 0.15) is 43.0 Å². The highest BCUT2D eigenvalue weighted by Gasteiger charge is 2.17. The Hall–Kier alpha value is -3.34. The SMILES string of the molecule is CC(C)(C)OC(=O)NCCNC(=O)C=C1c2ccccc2C=Cc2ccccc21. The molecule has 2 aromatic rings. The molecule has 0 spiro atoms. The number of amides is 2. The predicted molar refractivity (Wildman–Crippen MR) is 116 cm³/mol. The lowest BCUT2D eigenvalue weighted by Crippen LogP contribution is -2.37. The van der Waals surface area contributed by atoms with Gasteiger partial charge >= 0.3 is 6.09 Å². The molecular formula is C24H26N2O3. The van der Waals surface area contributed by atoms with Crippen LogP contribution in [0.2, 0.25) is 0 Å². The zero-order valence-corrected chi connectivity index (χ0v) is 17.0. The van der Waals surface area contributed by atoms with Crippen molar-refractivity contribution in [1.29, 1.82) is 0 Å². The van der Waals surface area contributed by atoms with Crippen LogP contribution in [0.3, 0.4) is 0 Å². The highest BCUT2D eigenvalue weighted by molar-refractivity contribution is 6.03. The van der Waals surface area contributed by atoms with Crippen molar-refractivity contribution in [3.63, 3.8) is 0 Å². The van der Waals surface area contributed by atoms with Crippen molar-refractivity contribution < 1.29 is 14.3 Å². The minimum absolute atomic E-state index is 0.211. The van der Waals surface area contributed by atoms with Crippen LogP contribution in [0.5, 0.6) is 0 Å². The van der Waals surface area contributed by atoms with Gasteiger partial charge in [-0.1, -0.05) is 60.7 Å². The average molecular weight is 390 g/mol. The summed E-state index contributed by atoms with van der Waals surface area (Å²) in [7, 11) is 0. The first kappa shape index (κ1) is 20.4. The first-order chi connectivity index (χ1) is 13.8. The van der Waals surface area contributed by atoms with Gasteiger partial charge in [0, 0.05) is 19.2 Å². The van der Waals surface area contributed by atoms with Crippen LogP contribution in [0, 0.1) is 0 Å². The van der Waals surface area contributed by atoms with E-state index in [1.165, 1.54) is 0 Å². The van der Waals surface area contributed by atoms with E-state index in [2.05, 4.69) is 22.8 Å². The zero-order chi connectivity index (χ0) is 20.9. The fourth-order valence-corrected chi connectivity index (χ4v) is 3.10. The standard InChI is InChI=1S/C24H26N2O3/c1-24(2,3)29-23(28)26-15-14-25-22(27)16-21-19-10-6-4-8-17(19)12-13-18-9-5-7-11-20(18)21/h4-13,16H,14-15H2,1-3H3,(H,25,27)(H,26,28). The molecule has 2 aromatic carbocycles. The summed E-state index contributed by atoms with van der Waals surface area (Å²) in [5.74, 6) is -0.211. The second-order valence-corrected chi connectivity index (χ2v) is 7.79. The summed E-state index contributed by atoms with van der Waals surface area (Å²) in [5.41, 5.74) is 4.47. The van der Waals surface area contributed by atoms with Gasteiger partial charge in [0.15, 0.2) is 0 Å². The number of fused-ring (bicyclic) bond motifs is 2. The van der Waals surface area contributed by atoms with Crippen molar-refractivity contribution in [2.24, 2.45) is 0 Å². The van der Waals surface area contributed by atoms with E-state index in [0.29, 0.717) is 13.1 Å². The van der Waals surface area contributed by atoms with E-state index < -0.39 is 11.7 Å². The Kier molecular flexibility index (Phi) is 6.17. The zero-order valence-electron chi connectivity index (χ0n) is 17.0. The number of carbonyl (C=O) groups is 2. The summed E-state index contributed by atoms with van der Waals surface area (Å²) in [4.78, 5) is 24.2. The van der Waals surface area contributed by atoms with E-state index in [1.807, 2.05) is 48.5 Å². The van der Waals surface area contributed by atoms with Crippen molar-refractivity contribution in [2.45, 2.75) is 26.4 Å². The summed E-state index contributed by atoms with van der Waals surface area (Å²) in [6.07, 6.45) is 5.26. The second kappa shape index (κ2) is 8.78. The Morgan fingerprint density at radius 1 is 0.862 bits per heavy atom. The van der Waals surface area contributed by atoms with Crippen LogP contribution in [-0.2, 0) is 9.53 Å². The first-order valence-electron chi connectivity index (χ1n) is 9.67. The summed E-state index contributed by atoms with van der Waals surface area (Å²) in [5, 5.41) is 5.46. The largest absolute Gasteiger partial charge is 0.444 e. The lowest BCUT2D eigenvalue weighted by molar-refractivity contribution is -0.116. The average Bonchev–Trinajstić information content (AvgIpc) is 2.82. The van der Waals surface area contributed by atoms with E-state index in [9.17, 15) is 9.59 Å². The normalized spacial score (nSPS) is 12.3. The van der Waals surface area contributed by atoms with Gasteiger partial charge in [-0.05, 0) is 48.6 Å². The van der Waals surface area contributed by atoms with Crippen LogP contribution in [0.15, 0.2) is 54.6 Å². The van der Waals surface area contributed by atoms with Crippen molar-refractivity contribution in [3.05, 3.63) is 76.9 Å². The van der Waals surface area contributed by atoms with Crippen LogP contribution in [0.25, 0.3) is 17.7 Å². The molecule has 29 heavy (non-hydrogen) atoms. The van der Waals surface area contributed by atoms with Crippen molar-refractivity contribution in [3.8, 4) is 0 Å². The number of benzene rings is 2. The Morgan fingerprint density at radius 2 is 1.38 bits per heavy atom. The number of hydrogen-bond acceptors (Lipinski definition) is 3. The Balaban J connectivity index is 1.70. The lowest BCUT2D eigenvalue weighted by atomic mass is 9.93. The number of carbonyl (C=O) groups excluding carboxylic acids is 2. The third kappa shape index (κ3) is 5.57. The maximum atomic E-state index is 12.6. The van der Waals surface area contributed by atoms with Gasteiger partial charge in [0.25, 0.3) is 0 Å². The minimum atomic E-state index is -0.550. The van der Waals surface area contributed by atoms with E-state index in [4.69, 9.17) is 4.74 Å². The molecule has 2 N–H and O–H groups in total. The summed E-state index contributed by atoms with van der Waals surface area (Å²) >= 11 is 0. The first-order valence-corrected chi connectivity index (χ1v) is 9.67. The monoisotopic (exact) mass is 390 g/mol. The molecule has 0 heterocycles. The summed E-state index contributed by atoms with van der Waals surface area (Å²) < 4.78 is 5.18. The minimum Gasteiger partial charge on any atom is -0.444 e. The van der Waals surface area contributed by atoms with Crippen molar-refractivity contribution in [1.82, 2.24) is 10.6 Å². The van der Waals surface area contributed by atoms with E-state index in [0.717, 1.165) is 27.8 Å². The van der Waals surface area contributed by atoms with E-state index in [1.54, 1.807) is 26.8 Å². The number of ether oxygens (including phenoxy) is 1. The molecule has 0 radical (unpaired) electrons. The quantitative estimate of drug-likeness (QED) is 0.517. The van der Waals surface area contributed by atoms with Gasteiger partial charge in [-0.25, -0.2) is 4.79 Å². The molecule has 0 unspecified atom stereocenters. The molecular weight excluding hydrogens is 364 g/mol. The number of rotatable bonds is 4. The van der Waals surface area contributed by atoms with E-state index in [-0.39, 0.29) is 5.91 Å². The molecule has 0 saturated heterocycles. The number of nitrogens with one attached hydrogen (secondary N) is 2. The smallest absolute Gasteiger partial charge is 0.407 e. The van der Waals surface area contributed by atoms with Gasteiger partial charge < -0.3 is 15.4 Å². The topological polar surface area (TPSA) is 67.4 Å². The number of alkyl carbamates (subject to hydrolysis) is 1. The third-order valence-corrected chi connectivity index (χ3v) is 4.31. The van der Waals surface area contributed by atoms with Gasteiger partial charge in [0.1, 0.15) is 5.60 Å². The molecule has 0 aromatic heterocycles. The molecule has 3 rings (SSSR count). The van der Waals surface area contributed by atoms with Gasteiger partial charge in [-0.3, -0.25) is 4.79 Å². The van der Waals surface area contributed by atoms with Crippen LogP contribution in [0.4, 0.5) is 4.79 Å². The molecule has 1 aliphatic rings. The van der Waals surface area contributed by atoms with Crippen LogP contribution < -0.4 is 10.6 Å².